The fourth-order valence-corrected chi connectivity index (χ4v) is 2.92. The fraction of sp³-hybridized carbons (Fsp3) is 0.636. The summed E-state index contributed by atoms with van der Waals surface area (Å²) in [6.45, 7) is 3.68. The number of carboxylic acids is 1. The largest absolute Gasteiger partial charge is 0.479 e. The maximum Gasteiger partial charge on any atom is 0.408 e. The molecule has 0 aromatic rings. The van der Waals surface area contributed by atoms with E-state index in [1.807, 2.05) is 0 Å². The van der Waals surface area contributed by atoms with E-state index in [1.165, 1.54) is 0 Å². The van der Waals surface area contributed by atoms with Gasteiger partial charge in [-0.1, -0.05) is 12.2 Å². The van der Waals surface area contributed by atoms with Gasteiger partial charge >= 0.3 is 12.1 Å². The normalized spacial score (nSPS) is 34.3. The summed E-state index contributed by atoms with van der Waals surface area (Å²) >= 11 is 5.61. The highest BCUT2D eigenvalue weighted by molar-refractivity contribution is 6.19. The molecule has 2 aliphatic rings. The lowest BCUT2D eigenvalue weighted by Gasteiger charge is -2.35. The van der Waals surface area contributed by atoms with E-state index in [-0.39, 0.29) is 24.3 Å². The number of piperidine rings is 1. The molecule has 0 aromatic carbocycles. The summed E-state index contributed by atoms with van der Waals surface area (Å²) < 4.78 is 0. The Morgan fingerprint density at radius 2 is 2.12 bits per heavy atom. The van der Waals surface area contributed by atoms with E-state index < -0.39 is 17.6 Å². The summed E-state index contributed by atoms with van der Waals surface area (Å²) in [6, 6.07) is -0.133. The van der Waals surface area contributed by atoms with Crippen LogP contribution in [0.3, 0.4) is 0 Å². The lowest BCUT2D eigenvalue weighted by Crippen LogP contribution is -2.55. The first kappa shape index (κ1) is 12.2. The third-order valence-electron chi connectivity index (χ3n) is 3.61. The number of carboxylic acid groups (broad SMARTS) is 2. The highest BCUT2D eigenvalue weighted by Gasteiger charge is 2.65. The zero-order valence-electron chi connectivity index (χ0n) is 9.23. The minimum atomic E-state index is -1.36. The lowest BCUT2D eigenvalue weighted by atomic mass is 9.87. The van der Waals surface area contributed by atoms with Gasteiger partial charge in [0, 0.05) is 18.3 Å². The van der Waals surface area contributed by atoms with Crippen molar-refractivity contribution in [1.82, 2.24) is 4.90 Å². The molecule has 2 rings (SSSR count). The highest BCUT2D eigenvalue weighted by Crippen LogP contribution is 2.54. The molecular weight excluding hydrogens is 246 g/mol. The predicted molar refractivity (Wildman–Crippen MR) is 61.2 cm³/mol. The number of alkyl halides is 1. The van der Waals surface area contributed by atoms with Crippen LogP contribution in [0.15, 0.2) is 12.2 Å². The smallest absolute Gasteiger partial charge is 0.408 e. The number of hydrogen-bond acceptors (Lipinski definition) is 2. The number of likely N-dealkylation sites (tertiary alicyclic amines) is 1. The molecule has 1 aliphatic heterocycles. The molecule has 1 unspecified atom stereocenters. The average molecular weight is 260 g/mol. The second-order valence-electron chi connectivity index (χ2n) is 4.82. The first-order chi connectivity index (χ1) is 7.92. The Hall–Kier alpha value is -1.23. The second-order valence-corrected chi connectivity index (χ2v) is 5.08. The third-order valence-corrected chi connectivity index (χ3v) is 3.99. The van der Waals surface area contributed by atoms with Gasteiger partial charge < -0.3 is 10.2 Å². The van der Waals surface area contributed by atoms with Gasteiger partial charge in [-0.2, -0.15) is 0 Å². The van der Waals surface area contributed by atoms with E-state index in [4.69, 9.17) is 11.6 Å². The minimum absolute atomic E-state index is 0.102. The molecule has 5 nitrogen and oxygen atoms in total. The third kappa shape index (κ3) is 1.78. The SMILES string of the molecule is C=C(CCl)CC1(C(=O)O)C[C@@H]2C[C@@H]2N1C(=O)O. The van der Waals surface area contributed by atoms with Crippen molar-refractivity contribution in [3.05, 3.63) is 12.2 Å². The minimum Gasteiger partial charge on any atom is -0.479 e. The molecule has 6 heteroatoms. The van der Waals surface area contributed by atoms with Crippen molar-refractivity contribution in [2.45, 2.75) is 30.8 Å². The molecule has 1 heterocycles. The number of carbonyl (C=O) groups is 2. The summed E-state index contributed by atoms with van der Waals surface area (Å²) in [5, 5.41) is 18.6. The number of amides is 1. The van der Waals surface area contributed by atoms with Gasteiger partial charge in [0.05, 0.1) is 0 Å². The molecule has 17 heavy (non-hydrogen) atoms. The Morgan fingerprint density at radius 3 is 2.59 bits per heavy atom. The Kier molecular flexibility index (Phi) is 2.81. The Labute approximate surface area is 104 Å². The van der Waals surface area contributed by atoms with Gasteiger partial charge in [-0.15, -0.1) is 11.6 Å². The molecule has 2 N–H and O–H groups in total. The van der Waals surface area contributed by atoms with Crippen molar-refractivity contribution in [3.8, 4) is 0 Å². The zero-order chi connectivity index (χ0) is 12.8. The molecule has 1 aliphatic carbocycles. The monoisotopic (exact) mass is 259 g/mol. The molecule has 0 radical (unpaired) electrons. The molecule has 3 atom stereocenters. The number of aliphatic carboxylic acids is 1. The van der Waals surface area contributed by atoms with Gasteiger partial charge in [0.1, 0.15) is 5.54 Å². The van der Waals surface area contributed by atoms with Gasteiger partial charge in [-0.3, -0.25) is 4.90 Å². The van der Waals surface area contributed by atoms with Crippen molar-refractivity contribution in [1.29, 1.82) is 0 Å². The van der Waals surface area contributed by atoms with Crippen molar-refractivity contribution >= 4 is 23.7 Å². The van der Waals surface area contributed by atoms with Crippen LogP contribution in [0.25, 0.3) is 0 Å². The molecule has 1 saturated carbocycles. The molecule has 0 bridgehead atoms. The summed E-state index contributed by atoms with van der Waals surface area (Å²) in [4.78, 5) is 23.8. The van der Waals surface area contributed by atoms with E-state index in [9.17, 15) is 19.8 Å². The molecule has 2 fully saturated rings. The van der Waals surface area contributed by atoms with Crippen LogP contribution in [0, 0.1) is 5.92 Å². The van der Waals surface area contributed by atoms with Crippen molar-refractivity contribution in [2.75, 3.05) is 5.88 Å². The van der Waals surface area contributed by atoms with Crippen LogP contribution in [0.1, 0.15) is 19.3 Å². The van der Waals surface area contributed by atoms with E-state index in [0.717, 1.165) is 11.3 Å². The molecular formula is C11H14ClNO4. The van der Waals surface area contributed by atoms with E-state index in [1.54, 1.807) is 0 Å². The Bertz CT molecular complexity index is 397. The van der Waals surface area contributed by atoms with Gasteiger partial charge in [0.2, 0.25) is 0 Å². The quantitative estimate of drug-likeness (QED) is 0.596. The van der Waals surface area contributed by atoms with Crippen LogP contribution in [0.2, 0.25) is 0 Å². The molecule has 1 saturated heterocycles. The predicted octanol–water partition coefficient (Wildman–Crippen LogP) is 1.77. The fourth-order valence-electron chi connectivity index (χ4n) is 2.83. The highest BCUT2D eigenvalue weighted by atomic mass is 35.5. The van der Waals surface area contributed by atoms with E-state index in [2.05, 4.69) is 6.58 Å². The van der Waals surface area contributed by atoms with E-state index in [0.29, 0.717) is 12.0 Å². The molecule has 0 spiro atoms. The second kappa shape index (κ2) is 3.91. The van der Waals surface area contributed by atoms with Crippen LogP contribution in [-0.2, 0) is 4.79 Å². The van der Waals surface area contributed by atoms with Crippen molar-refractivity contribution in [3.63, 3.8) is 0 Å². The summed E-state index contributed by atoms with van der Waals surface area (Å²) in [7, 11) is 0. The van der Waals surface area contributed by atoms with Crippen LogP contribution < -0.4 is 0 Å². The van der Waals surface area contributed by atoms with Gasteiger partial charge in [0.25, 0.3) is 0 Å². The van der Waals surface area contributed by atoms with Crippen LogP contribution in [0.4, 0.5) is 4.79 Å². The number of hydrogen-bond donors (Lipinski definition) is 2. The van der Waals surface area contributed by atoms with Gasteiger partial charge in [-0.25, -0.2) is 9.59 Å². The molecule has 0 aromatic heterocycles. The zero-order valence-corrected chi connectivity index (χ0v) is 9.98. The van der Waals surface area contributed by atoms with Gasteiger partial charge in [0.15, 0.2) is 0 Å². The lowest BCUT2D eigenvalue weighted by molar-refractivity contribution is -0.149. The Balaban J connectivity index is 2.30. The van der Waals surface area contributed by atoms with E-state index >= 15 is 0 Å². The number of fused-ring (bicyclic) bond motifs is 1. The van der Waals surface area contributed by atoms with Crippen molar-refractivity contribution in [2.24, 2.45) is 5.92 Å². The number of rotatable bonds is 4. The number of nitrogens with zero attached hydrogens (tertiary/aromatic N) is 1. The van der Waals surface area contributed by atoms with Crippen LogP contribution >= 0.6 is 11.6 Å². The van der Waals surface area contributed by atoms with Crippen LogP contribution in [-0.4, -0.2) is 44.6 Å². The first-order valence-corrected chi connectivity index (χ1v) is 5.94. The average Bonchev–Trinajstić information content (AvgIpc) is 2.89. The molecule has 94 valence electrons. The maximum atomic E-state index is 11.5. The summed E-state index contributed by atoms with van der Waals surface area (Å²) in [6.07, 6.45) is 0.0782. The molecule has 1 amide bonds. The van der Waals surface area contributed by atoms with Gasteiger partial charge in [-0.05, 0) is 18.8 Å². The van der Waals surface area contributed by atoms with Crippen molar-refractivity contribution < 1.29 is 19.8 Å². The summed E-state index contributed by atoms with van der Waals surface area (Å²) in [5.41, 5.74) is -0.799. The standard InChI is InChI=1S/C11H14ClNO4/c1-6(5-12)3-11(9(14)15)4-7-2-8(7)13(11)10(16)17/h7-8H,1-5H2,(H,14,15)(H,16,17)/t7-,8-,11?/m0/s1. The topological polar surface area (TPSA) is 77.8 Å². The Morgan fingerprint density at radius 1 is 1.47 bits per heavy atom. The number of halogens is 1. The summed E-state index contributed by atoms with van der Waals surface area (Å²) in [5.74, 6) is -0.763. The maximum absolute atomic E-state index is 11.5. The first-order valence-electron chi connectivity index (χ1n) is 5.40. The van der Waals surface area contributed by atoms with Crippen LogP contribution in [0.5, 0.6) is 0 Å².